The van der Waals surface area contributed by atoms with Gasteiger partial charge in [-0.05, 0) is 13.0 Å². The summed E-state index contributed by atoms with van der Waals surface area (Å²) in [4.78, 5) is 4.66. The van der Waals surface area contributed by atoms with Gasteiger partial charge in [-0.25, -0.2) is 4.98 Å². The van der Waals surface area contributed by atoms with Gasteiger partial charge in [0, 0.05) is 22.1 Å². The third-order valence-corrected chi connectivity index (χ3v) is 5.11. The van der Waals surface area contributed by atoms with Crippen molar-refractivity contribution in [1.82, 2.24) is 15.2 Å². The highest BCUT2D eigenvalue weighted by Crippen LogP contribution is 2.29. The minimum Gasteiger partial charge on any atom is -0.277 e. The number of thiazole rings is 1. The first kappa shape index (κ1) is 17.0. The zero-order chi connectivity index (χ0) is 18.6. The molecule has 0 aliphatic carbocycles. The normalized spacial score (nSPS) is 11.3. The molecule has 0 atom stereocenters. The Morgan fingerprint density at radius 1 is 1.07 bits per heavy atom. The second-order valence-electron chi connectivity index (χ2n) is 6.14. The van der Waals surface area contributed by atoms with E-state index in [-0.39, 0.29) is 0 Å². The predicted octanol–water partition coefficient (Wildman–Crippen LogP) is 5.57. The highest BCUT2D eigenvalue weighted by molar-refractivity contribution is 7.11. The van der Waals surface area contributed by atoms with Crippen LogP contribution in [0.4, 0.5) is 0 Å². The van der Waals surface area contributed by atoms with Crippen LogP contribution >= 0.6 is 11.3 Å². The van der Waals surface area contributed by atoms with Crippen LogP contribution in [0.5, 0.6) is 0 Å². The van der Waals surface area contributed by atoms with Crippen LogP contribution in [0.1, 0.15) is 16.1 Å². The maximum Gasteiger partial charge on any atom is 0.134 e. The molecule has 4 rings (SSSR count). The average molecular weight is 368 g/mol. The third-order valence-electron chi connectivity index (χ3n) is 4.23. The number of benzene rings is 2. The Kier molecular flexibility index (Phi) is 4.65. The number of aryl methyl sites for hydroxylation is 1. The summed E-state index contributed by atoms with van der Waals surface area (Å²) in [6.07, 6.45) is 3.57. The van der Waals surface area contributed by atoms with E-state index < -0.39 is 0 Å². The monoisotopic (exact) mass is 368 g/mol. The maximum absolute atomic E-state index is 9.67. The number of nitrogens with one attached hydrogen (secondary N) is 1. The fourth-order valence-electron chi connectivity index (χ4n) is 2.79. The zero-order valence-electron chi connectivity index (χ0n) is 14.7. The van der Waals surface area contributed by atoms with E-state index in [1.807, 2.05) is 53.9 Å². The van der Waals surface area contributed by atoms with Crippen molar-refractivity contribution in [1.29, 1.82) is 5.26 Å². The van der Waals surface area contributed by atoms with Gasteiger partial charge in [0.15, 0.2) is 0 Å². The molecule has 0 bridgehead atoms. The number of hydrogen-bond acceptors (Lipinski definition) is 4. The molecule has 5 heteroatoms. The van der Waals surface area contributed by atoms with E-state index in [1.165, 1.54) is 16.9 Å². The highest BCUT2D eigenvalue weighted by Gasteiger charge is 2.12. The van der Waals surface area contributed by atoms with E-state index in [4.69, 9.17) is 0 Å². The maximum atomic E-state index is 9.67. The van der Waals surface area contributed by atoms with Crippen LogP contribution in [-0.2, 0) is 0 Å². The molecule has 0 saturated carbocycles. The number of nitrogens with zero attached hydrogens (tertiary/aromatic N) is 3. The Balaban J connectivity index is 1.69. The number of H-pyrrole nitrogens is 1. The second-order valence-corrected chi connectivity index (χ2v) is 7.00. The van der Waals surface area contributed by atoms with E-state index >= 15 is 0 Å². The van der Waals surface area contributed by atoms with E-state index in [9.17, 15) is 5.26 Å². The molecule has 2 aromatic carbocycles. The van der Waals surface area contributed by atoms with E-state index in [2.05, 4.69) is 40.3 Å². The van der Waals surface area contributed by atoms with Gasteiger partial charge in [-0.3, -0.25) is 5.10 Å². The van der Waals surface area contributed by atoms with Gasteiger partial charge in [0.1, 0.15) is 11.1 Å². The van der Waals surface area contributed by atoms with E-state index in [0.29, 0.717) is 10.6 Å². The van der Waals surface area contributed by atoms with Crippen molar-refractivity contribution in [3.8, 4) is 28.6 Å². The Morgan fingerprint density at radius 2 is 1.85 bits per heavy atom. The molecule has 2 heterocycles. The van der Waals surface area contributed by atoms with Crippen LogP contribution < -0.4 is 0 Å². The van der Waals surface area contributed by atoms with Crippen LogP contribution in [0.2, 0.25) is 0 Å². The summed E-state index contributed by atoms with van der Waals surface area (Å²) in [7, 11) is 0. The molecule has 1 N–H and O–H groups in total. The number of aromatic nitrogens is 3. The molecule has 2 aromatic heterocycles. The minimum atomic E-state index is 0.525. The van der Waals surface area contributed by atoms with Gasteiger partial charge in [-0.1, -0.05) is 60.2 Å². The quantitative estimate of drug-likeness (QED) is 0.479. The van der Waals surface area contributed by atoms with E-state index in [1.54, 1.807) is 6.20 Å². The number of aromatic amines is 1. The van der Waals surface area contributed by atoms with Gasteiger partial charge in [0.2, 0.25) is 0 Å². The summed E-state index contributed by atoms with van der Waals surface area (Å²) in [6, 6.07) is 20.4. The summed E-state index contributed by atoms with van der Waals surface area (Å²) in [5.41, 5.74) is 6.44. The molecular weight excluding hydrogens is 352 g/mol. The SMILES string of the molecule is Cc1ccc(-c2csc(C(C#N)=Cc3cn[nH]c3-c3ccccc3)n2)cc1. The summed E-state index contributed by atoms with van der Waals surface area (Å²) in [5, 5.41) is 19.5. The third kappa shape index (κ3) is 3.57. The Labute approximate surface area is 161 Å². The first-order valence-corrected chi connectivity index (χ1v) is 9.36. The first-order valence-electron chi connectivity index (χ1n) is 8.48. The molecule has 0 spiro atoms. The second kappa shape index (κ2) is 7.40. The Morgan fingerprint density at radius 3 is 2.59 bits per heavy atom. The lowest BCUT2D eigenvalue weighted by molar-refractivity contribution is 1.10. The molecule has 0 amide bonds. The molecule has 0 aliphatic heterocycles. The van der Waals surface area contributed by atoms with Crippen molar-refractivity contribution in [2.45, 2.75) is 6.92 Å². The molecule has 0 fully saturated rings. The summed E-state index contributed by atoms with van der Waals surface area (Å²) in [5.74, 6) is 0. The molecule has 0 saturated heterocycles. The van der Waals surface area contributed by atoms with Gasteiger partial charge >= 0.3 is 0 Å². The lowest BCUT2D eigenvalue weighted by Gasteiger charge is -2.00. The Bertz CT molecular complexity index is 1130. The molecule has 4 nitrogen and oxygen atoms in total. The average Bonchev–Trinajstić information content (AvgIpc) is 3.37. The fourth-order valence-corrected chi connectivity index (χ4v) is 3.59. The predicted molar refractivity (Wildman–Crippen MR) is 110 cm³/mol. The number of rotatable bonds is 4. The van der Waals surface area contributed by atoms with Gasteiger partial charge in [0.25, 0.3) is 0 Å². The van der Waals surface area contributed by atoms with Crippen molar-refractivity contribution >= 4 is 23.0 Å². The summed E-state index contributed by atoms with van der Waals surface area (Å²) < 4.78 is 0. The molecule has 4 aromatic rings. The van der Waals surface area contributed by atoms with Gasteiger partial charge in [0.05, 0.1) is 23.2 Å². The first-order chi connectivity index (χ1) is 13.2. The van der Waals surface area contributed by atoms with Crippen LogP contribution in [0.15, 0.2) is 66.2 Å². The summed E-state index contributed by atoms with van der Waals surface area (Å²) >= 11 is 1.47. The molecule has 0 radical (unpaired) electrons. The van der Waals surface area contributed by atoms with Crippen molar-refractivity contribution < 1.29 is 0 Å². The van der Waals surface area contributed by atoms with Crippen LogP contribution in [0.3, 0.4) is 0 Å². The number of allylic oxidation sites excluding steroid dienone is 1. The standard InChI is InChI=1S/C22H16N4S/c1-15-7-9-16(10-8-15)20-14-27-22(25-20)18(12-23)11-19-13-24-26-21(19)17-5-3-2-4-6-17/h2-11,13-14H,1H3,(H,24,26). The zero-order valence-corrected chi connectivity index (χ0v) is 15.5. The van der Waals surface area contributed by atoms with Gasteiger partial charge < -0.3 is 0 Å². The molecule has 0 unspecified atom stereocenters. The number of nitriles is 1. The topological polar surface area (TPSA) is 65.4 Å². The highest BCUT2D eigenvalue weighted by atomic mass is 32.1. The van der Waals surface area contributed by atoms with Gasteiger partial charge in [-0.15, -0.1) is 11.3 Å². The van der Waals surface area contributed by atoms with Crippen molar-refractivity contribution in [3.63, 3.8) is 0 Å². The molecular formula is C22H16N4S. The van der Waals surface area contributed by atoms with Gasteiger partial charge in [-0.2, -0.15) is 10.4 Å². The lowest BCUT2D eigenvalue weighted by atomic mass is 10.1. The van der Waals surface area contributed by atoms with E-state index in [0.717, 1.165) is 28.1 Å². The lowest BCUT2D eigenvalue weighted by Crippen LogP contribution is -1.84. The van der Waals surface area contributed by atoms with Crippen LogP contribution in [0.25, 0.3) is 34.2 Å². The summed E-state index contributed by atoms with van der Waals surface area (Å²) in [6.45, 7) is 2.06. The molecule has 0 aliphatic rings. The van der Waals surface area contributed by atoms with Crippen molar-refractivity contribution in [3.05, 3.63) is 82.3 Å². The largest absolute Gasteiger partial charge is 0.277 e. The van der Waals surface area contributed by atoms with Crippen LogP contribution in [0, 0.1) is 18.3 Å². The smallest absolute Gasteiger partial charge is 0.134 e. The molecule has 27 heavy (non-hydrogen) atoms. The van der Waals surface area contributed by atoms with Crippen LogP contribution in [-0.4, -0.2) is 15.2 Å². The van der Waals surface area contributed by atoms with Crippen molar-refractivity contribution in [2.24, 2.45) is 0 Å². The Hall–Kier alpha value is -3.49. The number of hydrogen-bond donors (Lipinski definition) is 1. The fraction of sp³-hybridized carbons (Fsp3) is 0.0455. The minimum absolute atomic E-state index is 0.525. The van der Waals surface area contributed by atoms with Crippen molar-refractivity contribution in [2.75, 3.05) is 0 Å². The molecule has 130 valence electrons.